The lowest BCUT2D eigenvalue weighted by atomic mass is 10.1. The molecule has 0 bridgehead atoms. The van der Waals surface area contributed by atoms with Crippen molar-refractivity contribution in [3.05, 3.63) is 26.8 Å². The predicted octanol–water partition coefficient (Wildman–Crippen LogP) is 2.94. The fourth-order valence-electron chi connectivity index (χ4n) is 1.24. The number of rotatable bonds is 4. The van der Waals surface area contributed by atoms with Crippen LogP contribution in [0.2, 0.25) is 0 Å². The fraction of sp³-hybridized carbons (Fsp3) is 0.273. The van der Waals surface area contributed by atoms with Gasteiger partial charge in [-0.2, -0.15) is 14.0 Å². The number of carbonyl (C=O) groups excluding carboxylic acids is 1. The molecule has 7 heteroatoms. The Morgan fingerprint density at radius 3 is 2.72 bits per heavy atom. The van der Waals surface area contributed by atoms with Crippen molar-refractivity contribution in [1.29, 1.82) is 5.26 Å². The Labute approximate surface area is 116 Å². The number of benzene rings is 1. The van der Waals surface area contributed by atoms with E-state index in [1.807, 2.05) is 6.07 Å². The first-order valence-corrected chi connectivity index (χ1v) is 5.93. The van der Waals surface area contributed by atoms with Crippen LogP contribution >= 0.6 is 22.6 Å². The molecular formula is C11H8F2INO3. The summed E-state index contributed by atoms with van der Waals surface area (Å²) in [6, 6.07) is 4.16. The summed E-state index contributed by atoms with van der Waals surface area (Å²) in [5.74, 6) is -0.928. The van der Waals surface area contributed by atoms with Crippen LogP contribution in [0, 0.1) is 14.9 Å². The van der Waals surface area contributed by atoms with Gasteiger partial charge in [-0.05, 0) is 41.6 Å². The van der Waals surface area contributed by atoms with Crippen LogP contribution in [0.5, 0.6) is 5.75 Å². The van der Waals surface area contributed by atoms with E-state index in [0.717, 1.165) is 6.07 Å². The molecule has 0 saturated heterocycles. The Balaban J connectivity index is 3.24. The van der Waals surface area contributed by atoms with E-state index in [1.54, 1.807) is 29.5 Å². The summed E-state index contributed by atoms with van der Waals surface area (Å²) < 4.78 is 33.5. The van der Waals surface area contributed by atoms with E-state index in [9.17, 15) is 13.6 Å². The Bertz CT molecular complexity index is 500. The fourth-order valence-corrected chi connectivity index (χ4v) is 1.95. The highest BCUT2D eigenvalue weighted by Crippen LogP contribution is 2.25. The molecule has 0 radical (unpaired) electrons. The molecule has 0 aliphatic heterocycles. The summed E-state index contributed by atoms with van der Waals surface area (Å²) in [5, 5.41) is 8.94. The van der Waals surface area contributed by atoms with E-state index in [-0.39, 0.29) is 23.5 Å². The molecule has 0 amide bonds. The monoisotopic (exact) mass is 367 g/mol. The maximum Gasteiger partial charge on any atom is 0.387 e. The second-order valence-electron chi connectivity index (χ2n) is 3.04. The molecule has 18 heavy (non-hydrogen) atoms. The maximum absolute atomic E-state index is 12.1. The van der Waals surface area contributed by atoms with Gasteiger partial charge in [0.2, 0.25) is 0 Å². The van der Waals surface area contributed by atoms with Crippen LogP contribution in [-0.2, 0) is 4.74 Å². The van der Waals surface area contributed by atoms with Crippen LogP contribution in [0.1, 0.15) is 22.8 Å². The van der Waals surface area contributed by atoms with Crippen molar-refractivity contribution in [2.45, 2.75) is 13.5 Å². The zero-order valence-corrected chi connectivity index (χ0v) is 11.4. The Hall–Kier alpha value is -1.43. The van der Waals surface area contributed by atoms with Gasteiger partial charge < -0.3 is 9.47 Å². The molecular weight excluding hydrogens is 359 g/mol. The molecule has 0 aliphatic carbocycles. The number of esters is 1. The molecule has 0 heterocycles. The molecule has 96 valence electrons. The molecule has 0 aliphatic rings. The van der Waals surface area contributed by atoms with Crippen molar-refractivity contribution >= 4 is 28.6 Å². The molecule has 0 unspecified atom stereocenters. The van der Waals surface area contributed by atoms with Crippen LogP contribution < -0.4 is 4.74 Å². The van der Waals surface area contributed by atoms with E-state index in [4.69, 9.17) is 10.00 Å². The SMILES string of the molecule is CCOC(=O)c1cc(OC(F)F)cc(I)c1C#N. The molecule has 0 fully saturated rings. The average Bonchev–Trinajstić information content (AvgIpc) is 2.27. The van der Waals surface area contributed by atoms with E-state index in [1.165, 1.54) is 6.07 Å². The quantitative estimate of drug-likeness (QED) is 0.607. The molecule has 0 N–H and O–H groups in total. The summed E-state index contributed by atoms with van der Waals surface area (Å²) in [6.07, 6.45) is 0. The third-order valence-electron chi connectivity index (χ3n) is 1.90. The number of hydrogen-bond acceptors (Lipinski definition) is 4. The van der Waals surface area contributed by atoms with Crippen LogP contribution in [-0.4, -0.2) is 19.2 Å². The smallest absolute Gasteiger partial charge is 0.387 e. The lowest BCUT2D eigenvalue weighted by Gasteiger charge is -2.09. The highest BCUT2D eigenvalue weighted by Gasteiger charge is 2.18. The van der Waals surface area contributed by atoms with Crippen molar-refractivity contribution in [2.75, 3.05) is 6.61 Å². The molecule has 0 saturated carbocycles. The second-order valence-corrected chi connectivity index (χ2v) is 4.20. The zero-order valence-electron chi connectivity index (χ0n) is 9.25. The Morgan fingerprint density at radius 2 is 2.22 bits per heavy atom. The number of nitriles is 1. The van der Waals surface area contributed by atoms with Crippen molar-refractivity contribution in [2.24, 2.45) is 0 Å². The van der Waals surface area contributed by atoms with Crippen molar-refractivity contribution in [1.82, 2.24) is 0 Å². The van der Waals surface area contributed by atoms with Crippen LogP contribution in [0.3, 0.4) is 0 Å². The summed E-state index contributed by atoms with van der Waals surface area (Å²) in [7, 11) is 0. The first-order valence-electron chi connectivity index (χ1n) is 4.85. The maximum atomic E-state index is 12.1. The molecule has 1 rings (SSSR count). The van der Waals surface area contributed by atoms with Gasteiger partial charge in [-0.3, -0.25) is 0 Å². The van der Waals surface area contributed by atoms with Crippen LogP contribution in [0.15, 0.2) is 12.1 Å². The number of hydrogen-bond donors (Lipinski definition) is 0. The van der Waals surface area contributed by atoms with Gasteiger partial charge in [0.1, 0.15) is 11.8 Å². The summed E-state index contributed by atoms with van der Waals surface area (Å²) >= 11 is 1.76. The normalized spacial score (nSPS) is 10.0. The molecule has 0 spiro atoms. The molecule has 0 aromatic heterocycles. The van der Waals surface area contributed by atoms with Gasteiger partial charge in [0.05, 0.1) is 17.7 Å². The first-order chi connectivity index (χ1) is 8.49. The van der Waals surface area contributed by atoms with E-state index < -0.39 is 12.6 Å². The summed E-state index contributed by atoms with van der Waals surface area (Å²) in [5.41, 5.74) is -0.00225. The molecule has 1 aromatic rings. The minimum atomic E-state index is -3.00. The van der Waals surface area contributed by atoms with Crippen molar-refractivity contribution in [3.63, 3.8) is 0 Å². The molecule has 0 atom stereocenters. The number of carbonyl (C=O) groups is 1. The molecule has 1 aromatic carbocycles. The van der Waals surface area contributed by atoms with Crippen molar-refractivity contribution in [3.8, 4) is 11.8 Å². The number of halogens is 3. The number of nitrogens with zero attached hydrogens (tertiary/aromatic N) is 1. The standard InChI is InChI=1S/C11H8F2INO3/c1-2-17-10(16)7-3-6(18-11(12)13)4-9(14)8(7)5-15/h3-4,11H,2H2,1H3. The summed E-state index contributed by atoms with van der Waals surface area (Å²) in [4.78, 5) is 11.6. The third-order valence-corrected chi connectivity index (χ3v) is 2.75. The van der Waals surface area contributed by atoms with Gasteiger partial charge in [-0.25, -0.2) is 4.79 Å². The topological polar surface area (TPSA) is 59.3 Å². The Morgan fingerprint density at radius 1 is 1.56 bits per heavy atom. The largest absolute Gasteiger partial charge is 0.462 e. The summed E-state index contributed by atoms with van der Waals surface area (Å²) in [6.45, 7) is -1.27. The van der Waals surface area contributed by atoms with Crippen molar-refractivity contribution < 1.29 is 23.0 Å². The van der Waals surface area contributed by atoms with E-state index in [0.29, 0.717) is 3.57 Å². The lowest BCUT2D eigenvalue weighted by Crippen LogP contribution is -2.10. The van der Waals surface area contributed by atoms with Gasteiger partial charge >= 0.3 is 12.6 Å². The van der Waals surface area contributed by atoms with Gasteiger partial charge in [0.15, 0.2) is 0 Å². The number of alkyl halides is 2. The third kappa shape index (κ3) is 3.53. The van der Waals surface area contributed by atoms with Gasteiger partial charge in [0, 0.05) is 3.57 Å². The average molecular weight is 367 g/mol. The minimum absolute atomic E-state index is 0.0793. The zero-order chi connectivity index (χ0) is 13.7. The predicted molar refractivity (Wildman–Crippen MR) is 66.5 cm³/mol. The number of ether oxygens (including phenoxy) is 2. The van der Waals surface area contributed by atoms with Gasteiger partial charge in [-0.15, -0.1) is 0 Å². The van der Waals surface area contributed by atoms with E-state index >= 15 is 0 Å². The van der Waals surface area contributed by atoms with Gasteiger partial charge in [0.25, 0.3) is 0 Å². The molecule has 4 nitrogen and oxygen atoms in total. The van der Waals surface area contributed by atoms with E-state index in [2.05, 4.69) is 4.74 Å². The first kappa shape index (κ1) is 14.6. The highest BCUT2D eigenvalue weighted by molar-refractivity contribution is 14.1. The highest BCUT2D eigenvalue weighted by atomic mass is 127. The second kappa shape index (κ2) is 6.49. The van der Waals surface area contributed by atoms with Gasteiger partial charge in [-0.1, -0.05) is 0 Å². The lowest BCUT2D eigenvalue weighted by molar-refractivity contribution is -0.0499. The Kier molecular flexibility index (Phi) is 5.27. The van der Waals surface area contributed by atoms with Crippen LogP contribution in [0.25, 0.3) is 0 Å². The van der Waals surface area contributed by atoms with Crippen LogP contribution in [0.4, 0.5) is 8.78 Å². The minimum Gasteiger partial charge on any atom is -0.462 e.